The number of rotatable bonds is 1. The second-order valence-corrected chi connectivity index (χ2v) is 6.30. The van der Waals surface area contributed by atoms with Gasteiger partial charge in [-0.15, -0.1) is 0 Å². The first-order valence-electron chi connectivity index (χ1n) is 7.55. The van der Waals surface area contributed by atoms with Crippen molar-refractivity contribution in [2.45, 2.75) is 37.4 Å². The van der Waals surface area contributed by atoms with E-state index in [2.05, 4.69) is 52.9 Å². The van der Waals surface area contributed by atoms with Crippen LogP contribution in [-0.2, 0) is 7.05 Å². The van der Waals surface area contributed by atoms with Crippen molar-refractivity contribution >= 4 is 10.9 Å². The van der Waals surface area contributed by atoms with E-state index in [0.29, 0.717) is 18.0 Å². The van der Waals surface area contributed by atoms with Crippen molar-refractivity contribution in [1.82, 2.24) is 15.4 Å². The number of nitrogens with one attached hydrogen (secondary N) is 2. The molecule has 4 atom stereocenters. The summed E-state index contributed by atoms with van der Waals surface area (Å²) in [4.78, 5) is 0. The van der Waals surface area contributed by atoms with Gasteiger partial charge in [-0.2, -0.15) is 0 Å². The summed E-state index contributed by atoms with van der Waals surface area (Å²) in [6.45, 7) is 0. The molecule has 2 fully saturated rings. The molecule has 2 aromatic rings. The van der Waals surface area contributed by atoms with E-state index in [1.807, 2.05) is 0 Å². The van der Waals surface area contributed by atoms with Crippen molar-refractivity contribution < 1.29 is 0 Å². The molecule has 4 nitrogen and oxygen atoms in total. The Bertz CT molecular complexity index is 632. The summed E-state index contributed by atoms with van der Waals surface area (Å²) >= 11 is 0. The zero-order valence-electron chi connectivity index (χ0n) is 11.8. The van der Waals surface area contributed by atoms with Crippen molar-refractivity contribution in [3.05, 3.63) is 36.0 Å². The molecule has 1 aliphatic carbocycles. The van der Waals surface area contributed by atoms with E-state index < -0.39 is 0 Å². The fraction of sp³-hybridized carbons (Fsp3) is 0.500. The number of hydrazine groups is 1. The molecular weight excluding hydrogens is 248 g/mol. The molecule has 0 radical (unpaired) electrons. The van der Waals surface area contributed by atoms with Crippen LogP contribution >= 0.6 is 0 Å². The van der Waals surface area contributed by atoms with Gasteiger partial charge in [0.05, 0.1) is 6.04 Å². The van der Waals surface area contributed by atoms with Gasteiger partial charge in [0.15, 0.2) is 0 Å². The number of hydrogen-bond donors (Lipinski definition) is 3. The zero-order chi connectivity index (χ0) is 13.7. The Kier molecular flexibility index (Phi) is 2.84. The maximum Gasteiger partial charge on any atom is 0.0506 e. The van der Waals surface area contributed by atoms with Crippen LogP contribution < -0.4 is 16.6 Å². The van der Waals surface area contributed by atoms with Gasteiger partial charge in [-0.25, -0.2) is 5.43 Å². The van der Waals surface area contributed by atoms with Gasteiger partial charge in [0.25, 0.3) is 0 Å². The Balaban J connectivity index is 1.68. The van der Waals surface area contributed by atoms with Crippen molar-refractivity contribution in [3.8, 4) is 0 Å². The summed E-state index contributed by atoms with van der Waals surface area (Å²) in [5.74, 6) is 0.611. The predicted octanol–water partition coefficient (Wildman–Crippen LogP) is 1.82. The molecular formula is C16H22N4. The average Bonchev–Trinajstić information content (AvgIpc) is 3.04. The molecule has 4 N–H and O–H groups in total. The second-order valence-electron chi connectivity index (χ2n) is 6.30. The largest absolute Gasteiger partial charge is 0.351 e. The van der Waals surface area contributed by atoms with Crippen LogP contribution in [0.2, 0.25) is 0 Å². The topological polar surface area (TPSA) is 55.0 Å². The molecule has 1 saturated carbocycles. The highest BCUT2D eigenvalue weighted by molar-refractivity contribution is 5.80. The molecule has 0 amide bonds. The molecule has 4 heteroatoms. The van der Waals surface area contributed by atoms with Gasteiger partial charge >= 0.3 is 0 Å². The molecule has 4 rings (SSSR count). The molecule has 106 valence electrons. The van der Waals surface area contributed by atoms with Crippen LogP contribution in [0.5, 0.6) is 0 Å². The highest BCUT2D eigenvalue weighted by atomic mass is 15.4. The fourth-order valence-corrected chi connectivity index (χ4v) is 3.97. The van der Waals surface area contributed by atoms with Crippen LogP contribution in [0.4, 0.5) is 0 Å². The van der Waals surface area contributed by atoms with Crippen LogP contribution in [0.1, 0.15) is 30.9 Å². The smallest absolute Gasteiger partial charge is 0.0506 e. The van der Waals surface area contributed by atoms with E-state index >= 15 is 0 Å². The quantitative estimate of drug-likeness (QED) is 0.741. The first kappa shape index (κ1) is 12.4. The third-order valence-electron chi connectivity index (χ3n) is 5.10. The number of nitrogens with zero attached hydrogens (tertiary/aromatic N) is 1. The molecule has 20 heavy (non-hydrogen) atoms. The third kappa shape index (κ3) is 1.79. The minimum Gasteiger partial charge on any atom is -0.351 e. The lowest BCUT2D eigenvalue weighted by atomic mass is 9.77. The lowest BCUT2D eigenvalue weighted by molar-refractivity contribution is 0.273. The number of aromatic nitrogens is 1. The maximum absolute atomic E-state index is 6.25. The van der Waals surface area contributed by atoms with E-state index in [-0.39, 0.29) is 6.04 Å². The number of fused-ring (bicyclic) bond motifs is 2. The van der Waals surface area contributed by atoms with Crippen LogP contribution in [0.25, 0.3) is 10.9 Å². The molecule has 1 aromatic heterocycles. The van der Waals surface area contributed by atoms with E-state index in [1.165, 1.54) is 29.3 Å². The van der Waals surface area contributed by atoms with Crippen molar-refractivity contribution in [2.24, 2.45) is 18.7 Å². The van der Waals surface area contributed by atoms with Gasteiger partial charge in [-0.1, -0.05) is 12.5 Å². The van der Waals surface area contributed by atoms with E-state index in [4.69, 9.17) is 5.73 Å². The monoisotopic (exact) mass is 270 g/mol. The Morgan fingerprint density at radius 2 is 2.10 bits per heavy atom. The molecule has 0 spiro atoms. The van der Waals surface area contributed by atoms with Gasteiger partial charge < -0.3 is 10.3 Å². The molecule has 0 bridgehead atoms. The normalized spacial score (nSPS) is 33.5. The van der Waals surface area contributed by atoms with Gasteiger partial charge in [-0.3, -0.25) is 5.43 Å². The Morgan fingerprint density at radius 3 is 3.00 bits per heavy atom. The standard InChI is InChI=1S/C16H22N4/c1-20-8-7-10-9-11(5-6-14(10)20)15-12-3-2-4-13(17)16(12)19-18-15/h5-9,12-13,15-16,18-19H,2-4,17H2,1H3. The number of hydrogen-bond acceptors (Lipinski definition) is 3. The fourth-order valence-electron chi connectivity index (χ4n) is 3.97. The molecule has 2 heterocycles. The van der Waals surface area contributed by atoms with Crippen LogP contribution in [-0.4, -0.2) is 16.7 Å². The highest BCUT2D eigenvalue weighted by Gasteiger charge is 2.41. The van der Waals surface area contributed by atoms with E-state index in [1.54, 1.807) is 0 Å². The number of benzene rings is 1. The van der Waals surface area contributed by atoms with Crippen LogP contribution in [0, 0.1) is 5.92 Å². The number of aryl methyl sites for hydroxylation is 1. The van der Waals surface area contributed by atoms with Crippen LogP contribution in [0.3, 0.4) is 0 Å². The summed E-state index contributed by atoms with van der Waals surface area (Å²) < 4.78 is 2.17. The van der Waals surface area contributed by atoms with Gasteiger partial charge in [0.1, 0.15) is 0 Å². The molecule has 1 saturated heterocycles. The molecule has 2 aliphatic rings. The Hall–Kier alpha value is -1.36. The van der Waals surface area contributed by atoms with Crippen molar-refractivity contribution in [2.75, 3.05) is 0 Å². The zero-order valence-corrected chi connectivity index (χ0v) is 11.8. The molecule has 1 aromatic carbocycles. The summed E-state index contributed by atoms with van der Waals surface area (Å²) in [6.07, 6.45) is 5.76. The van der Waals surface area contributed by atoms with Gasteiger partial charge in [0, 0.05) is 30.8 Å². The summed E-state index contributed by atoms with van der Waals surface area (Å²) in [7, 11) is 2.09. The Labute approximate surface area is 119 Å². The summed E-state index contributed by atoms with van der Waals surface area (Å²) in [5.41, 5.74) is 15.8. The maximum atomic E-state index is 6.25. The van der Waals surface area contributed by atoms with Gasteiger partial charge in [-0.05, 0) is 47.9 Å². The molecule has 4 unspecified atom stereocenters. The third-order valence-corrected chi connectivity index (χ3v) is 5.10. The second kappa shape index (κ2) is 4.58. The van der Waals surface area contributed by atoms with E-state index in [0.717, 1.165) is 6.42 Å². The Morgan fingerprint density at radius 1 is 1.20 bits per heavy atom. The lowest BCUT2D eigenvalue weighted by Gasteiger charge is -2.32. The minimum atomic E-state index is 0.284. The summed E-state index contributed by atoms with van der Waals surface area (Å²) in [6, 6.07) is 10.1. The van der Waals surface area contributed by atoms with Crippen molar-refractivity contribution in [3.63, 3.8) is 0 Å². The first-order chi connectivity index (χ1) is 9.74. The SMILES string of the molecule is Cn1ccc2cc(C3NNC4C(N)CCCC34)ccc21. The molecule has 1 aliphatic heterocycles. The average molecular weight is 270 g/mol. The lowest BCUT2D eigenvalue weighted by Crippen LogP contribution is -2.48. The predicted molar refractivity (Wildman–Crippen MR) is 81.0 cm³/mol. The van der Waals surface area contributed by atoms with E-state index in [9.17, 15) is 0 Å². The highest BCUT2D eigenvalue weighted by Crippen LogP contribution is 2.38. The summed E-state index contributed by atoms with van der Waals surface area (Å²) in [5, 5.41) is 1.32. The minimum absolute atomic E-state index is 0.284. The van der Waals surface area contributed by atoms with Gasteiger partial charge in [0.2, 0.25) is 0 Å². The first-order valence-corrected chi connectivity index (χ1v) is 7.55. The number of nitrogens with two attached hydrogens (primary N) is 1. The van der Waals surface area contributed by atoms with Crippen LogP contribution in [0.15, 0.2) is 30.5 Å². The van der Waals surface area contributed by atoms with Crippen molar-refractivity contribution in [1.29, 1.82) is 0 Å².